The van der Waals surface area contributed by atoms with Crippen LogP contribution in [0.3, 0.4) is 0 Å². The van der Waals surface area contributed by atoms with Crippen molar-refractivity contribution in [2.24, 2.45) is 16.6 Å². The number of hydrogen-bond acceptors (Lipinski definition) is 3. The van der Waals surface area contributed by atoms with Gasteiger partial charge < -0.3 is 16.0 Å². The van der Waals surface area contributed by atoms with Crippen LogP contribution in [-0.2, 0) is 9.59 Å². The first kappa shape index (κ1) is 21.2. The molecule has 0 atom stereocenters. The van der Waals surface area contributed by atoms with Gasteiger partial charge in [0.15, 0.2) is 0 Å². The van der Waals surface area contributed by atoms with E-state index in [1.165, 1.54) is 0 Å². The van der Waals surface area contributed by atoms with Crippen molar-refractivity contribution in [1.82, 2.24) is 10.2 Å². The highest BCUT2D eigenvalue weighted by Crippen LogP contribution is 2.39. The van der Waals surface area contributed by atoms with Gasteiger partial charge >= 0.3 is 0 Å². The Kier molecular flexibility index (Phi) is 8.40. The van der Waals surface area contributed by atoms with E-state index in [0.717, 1.165) is 38.5 Å². The molecule has 1 rings (SSSR count). The zero-order valence-electron chi connectivity index (χ0n) is 14.4. The van der Waals surface area contributed by atoms with Crippen LogP contribution in [0, 0.1) is 10.8 Å². The van der Waals surface area contributed by atoms with E-state index in [0.29, 0.717) is 13.1 Å². The van der Waals surface area contributed by atoms with Gasteiger partial charge in [0.2, 0.25) is 11.8 Å². The summed E-state index contributed by atoms with van der Waals surface area (Å²) in [5.74, 6) is 0.125. The average Bonchev–Trinajstić information content (AvgIpc) is 2.96. The van der Waals surface area contributed by atoms with Crippen LogP contribution in [0.15, 0.2) is 0 Å². The molecule has 1 aliphatic rings. The summed E-state index contributed by atoms with van der Waals surface area (Å²) in [6.45, 7) is 4.77. The van der Waals surface area contributed by atoms with Crippen LogP contribution in [0.1, 0.15) is 52.4 Å². The number of nitrogens with two attached hydrogens (primary N) is 1. The zero-order chi connectivity index (χ0) is 16.1. The van der Waals surface area contributed by atoms with Gasteiger partial charge in [-0.1, -0.05) is 26.7 Å². The molecular formula is C16H32ClN3O2. The van der Waals surface area contributed by atoms with Crippen LogP contribution in [0.4, 0.5) is 0 Å². The van der Waals surface area contributed by atoms with Crippen LogP contribution in [0.2, 0.25) is 0 Å². The summed E-state index contributed by atoms with van der Waals surface area (Å²) in [5, 5.41) is 3.03. The van der Waals surface area contributed by atoms with E-state index in [-0.39, 0.29) is 24.2 Å². The third-order valence-corrected chi connectivity index (χ3v) is 5.23. The number of rotatable bonds is 7. The SMILES string of the molecule is CCC(CC)(CN)C(=O)NCC1(C(=O)N(C)C)CCCC1.Cl. The number of amides is 2. The Morgan fingerprint density at radius 3 is 2.05 bits per heavy atom. The van der Waals surface area contributed by atoms with Crippen molar-refractivity contribution < 1.29 is 9.59 Å². The number of nitrogens with one attached hydrogen (secondary N) is 1. The molecule has 1 saturated carbocycles. The Hall–Kier alpha value is -0.810. The van der Waals surface area contributed by atoms with Crippen molar-refractivity contribution in [3.05, 3.63) is 0 Å². The van der Waals surface area contributed by atoms with E-state index < -0.39 is 10.8 Å². The van der Waals surface area contributed by atoms with Gasteiger partial charge in [0.05, 0.1) is 10.8 Å². The molecule has 0 aromatic heterocycles. The van der Waals surface area contributed by atoms with Crippen molar-refractivity contribution in [3.8, 4) is 0 Å². The second-order valence-corrected chi connectivity index (χ2v) is 6.56. The molecule has 22 heavy (non-hydrogen) atoms. The molecule has 0 spiro atoms. The summed E-state index contributed by atoms with van der Waals surface area (Å²) < 4.78 is 0. The van der Waals surface area contributed by atoms with Gasteiger partial charge in [-0.25, -0.2) is 0 Å². The summed E-state index contributed by atoms with van der Waals surface area (Å²) in [6, 6.07) is 0. The van der Waals surface area contributed by atoms with Crippen LogP contribution < -0.4 is 11.1 Å². The Morgan fingerprint density at radius 2 is 1.68 bits per heavy atom. The van der Waals surface area contributed by atoms with Gasteiger partial charge in [0.25, 0.3) is 0 Å². The lowest BCUT2D eigenvalue weighted by Crippen LogP contribution is -2.51. The lowest BCUT2D eigenvalue weighted by atomic mass is 9.80. The predicted molar refractivity (Wildman–Crippen MR) is 91.9 cm³/mol. The van der Waals surface area contributed by atoms with Gasteiger partial charge in [0, 0.05) is 27.2 Å². The normalized spacial score (nSPS) is 16.8. The van der Waals surface area contributed by atoms with Gasteiger partial charge in [-0.2, -0.15) is 0 Å². The second-order valence-electron chi connectivity index (χ2n) is 6.56. The van der Waals surface area contributed by atoms with Gasteiger partial charge in [-0.05, 0) is 25.7 Å². The minimum Gasteiger partial charge on any atom is -0.354 e. The summed E-state index contributed by atoms with van der Waals surface area (Å²) >= 11 is 0. The summed E-state index contributed by atoms with van der Waals surface area (Å²) in [4.78, 5) is 26.7. The van der Waals surface area contributed by atoms with E-state index in [9.17, 15) is 9.59 Å². The topological polar surface area (TPSA) is 75.4 Å². The van der Waals surface area contributed by atoms with Crippen LogP contribution in [0.25, 0.3) is 0 Å². The molecule has 6 heteroatoms. The molecule has 0 aliphatic heterocycles. The van der Waals surface area contributed by atoms with E-state index in [1.807, 2.05) is 13.8 Å². The third kappa shape index (κ3) is 4.13. The summed E-state index contributed by atoms with van der Waals surface area (Å²) in [7, 11) is 3.57. The maximum absolute atomic E-state index is 12.5. The minimum atomic E-state index is -0.499. The molecule has 1 aliphatic carbocycles. The fourth-order valence-electron chi connectivity index (χ4n) is 3.38. The Morgan fingerprint density at radius 1 is 1.18 bits per heavy atom. The molecule has 0 aromatic rings. The minimum absolute atomic E-state index is 0. The third-order valence-electron chi connectivity index (χ3n) is 5.23. The van der Waals surface area contributed by atoms with E-state index in [4.69, 9.17) is 5.73 Å². The van der Waals surface area contributed by atoms with E-state index in [1.54, 1.807) is 19.0 Å². The van der Waals surface area contributed by atoms with Gasteiger partial charge in [0.1, 0.15) is 0 Å². The maximum Gasteiger partial charge on any atom is 0.230 e. The molecule has 1 fully saturated rings. The van der Waals surface area contributed by atoms with Crippen molar-refractivity contribution in [2.45, 2.75) is 52.4 Å². The molecule has 0 heterocycles. The molecule has 3 N–H and O–H groups in total. The van der Waals surface area contributed by atoms with Crippen LogP contribution in [0.5, 0.6) is 0 Å². The van der Waals surface area contributed by atoms with Crippen LogP contribution in [-0.4, -0.2) is 43.9 Å². The smallest absolute Gasteiger partial charge is 0.230 e. The number of carbonyl (C=O) groups is 2. The first-order valence-electron chi connectivity index (χ1n) is 8.07. The van der Waals surface area contributed by atoms with Crippen molar-refractivity contribution >= 4 is 24.2 Å². The molecule has 0 bridgehead atoms. The maximum atomic E-state index is 12.5. The number of carbonyl (C=O) groups excluding carboxylic acids is 2. The molecule has 0 unspecified atom stereocenters. The predicted octanol–water partition coefficient (Wildman–Crippen LogP) is 1.94. The quantitative estimate of drug-likeness (QED) is 0.747. The number of nitrogens with zero attached hydrogens (tertiary/aromatic N) is 1. The first-order chi connectivity index (χ1) is 9.87. The molecule has 5 nitrogen and oxygen atoms in total. The highest BCUT2D eigenvalue weighted by Gasteiger charge is 2.43. The highest BCUT2D eigenvalue weighted by atomic mass is 35.5. The number of hydrogen-bond donors (Lipinski definition) is 2. The van der Waals surface area contributed by atoms with Crippen LogP contribution >= 0.6 is 12.4 Å². The van der Waals surface area contributed by atoms with Crippen molar-refractivity contribution in [3.63, 3.8) is 0 Å². The largest absolute Gasteiger partial charge is 0.354 e. The van der Waals surface area contributed by atoms with Crippen molar-refractivity contribution in [2.75, 3.05) is 27.2 Å². The van der Waals surface area contributed by atoms with Gasteiger partial charge in [-0.3, -0.25) is 9.59 Å². The van der Waals surface area contributed by atoms with E-state index >= 15 is 0 Å². The Bertz CT molecular complexity index is 367. The first-order valence-corrected chi connectivity index (χ1v) is 8.07. The fourth-order valence-corrected chi connectivity index (χ4v) is 3.38. The zero-order valence-corrected chi connectivity index (χ0v) is 15.2. The average molecular weight is 334 g/mol. The molecule has 2 amide bonds. The van der Waals surface area contributed by atoms with Crippen molar-refractivity contribution in [1.29, 1.82) is 0 Å². The Labute approximate surface area is 140 Å². The molecular weight excluding hydrogens is 302 g/mol. The molecule has 0 radical (unpaired) electrons. The Balaban J connectivity index is 0.00000441. The molecule has 0 aromatic carbocycles. The lowest BCUT2D eigenvalue weighted by Gasteiger charge is -2.34. The summed E-state index contributed by atoms with van der Waals surface area (Å²) in [5.41, 5.74) is 4.90. The molecule has 130 valence electrons. The summed E-state index contributed by atoms with van der Waals surface area (Å²) in [6.07, 6.45) is 5.27. The fraction of sp³-hybridized carbons (Fsp3) is 0.875. The van der Waals surface area contributed by atoms with Gasteiger partial charge in [-0.15, -0.1) is 12.4 Å². The molecule has 0 saturated heterocycles. The lowest BCUT2D eigenvalue weighted by molar-refractivity contribution is -0.140. The van der Waals surface area contributed by atoms with E-state index in [2.05, 4.69) is 5.32 Å². The monoisotopic (exact) mass is 333 g/mol. The second kappa shape index (κ2) is 8.73. The number of halogens is 1. The standard InChI is InChI=1S/C16H31N3O2.ClH/c1-5-15(6-2,11-17)13(20)18-12-16(9-7-8-10-16)14(21)19(3)4;/h5-12,17H2,1-4H3,(H,18,20);1H. The highest BCUT2D eigenvalue weighted by molar-refractivity contribution is 5.86.